The summed E-state index contributed by atoms with van der Waals surface area (Å²) in [5.41, 5.74) is 4.71. The number of aryl methyl sites for hydroxylation is 1. The minimum absolute atomic E-state index is 0.0172. The van der Waals surface area contributed by atoms with Crippen LogP contribution in [0.25, 0.3) is 16.0 Å². The summed E-state index contributed by atoms with van der Waals surface area (Å²) < 4.78 is 26.4. The van der Waals surface area contributed by atoms with Crippen molar-refractivity contribution in [2.75, 3.05) is 7.11 Å². The molecule has 36 heavy (non-hydrogen) atoms. The summed E-state index contributed by atoms with van der Waals surface area (Å²) in [7, 11) is 1.58. The largest absolute Gasteiger partial charge is 0.497 e. The number of hydrogen-bond donors (Lipinski definition) is 1. The molecule has 2 aromatic carbocycles. The van der Waals surface area contributed by atoms with Crippen LogP contribution in [0.3, 0.4) is 0 Å². The molecule has 4 nitrogen and oxygen atoms in total. The van der Waals surface area contributed by atoms with Crippen LogP contribution in [0.4, 0.5) is 4.39 Å². The van der Waals surface area contributed by atoms with Crippen LogP contribution in [0.15, 0.2) is 53.9 Å². The van der Waals surface area contributed by atoms with Crippen molar-refractivity contribution >= 4 is 22.9 Å². The van der Waals surface area contributed by atoms with Gasteiger partial charge in [-0.2, -0.15) is 0 Å². The molecule has 0 unspecified atom stereocenters. The molecule has 192 valence electrons. The fourth-order valence-electron chi connectivity index (χ4n) is 4.43. The Hall–Kier alpha value is -3.12. The van der Waals surface area contributed by atoms with Crippen molar-refractivity contribution < 1.29 is 23.8 Å². The molecular weight excluding hydrogens is 475 g/mol. The number of rotatable bonds is 9. The Morgan fingerprint density at radius 2 is 1.92 bits per heavy atom. The van der Waals surface area contributed by atoms with Gasteiger partial charge < -0.3 is 14.6 Å². The van der Waals surface area contributed by atoms with Crippen LogP contribution in [0.5, 0.6) is 11.5 Å². The van der Waals surface area contributed by atoms with Crippen molar-refractivity contribution in [2.45, 2.75) is 60.0 Å². The average Bonchev–Trinajstić information content (AvgIpc) is 3.44. The summed E-state index contributed by atoms with van der Waals surface area (Å²) in [6.07, 6.45) is 4.83. The second-order valence-corrected chi connectivity index (χ2v) is 10.1. The van der Waals surface area contributed by atoms with Gasteiger partial charge in [0, 0.05) is 28.0 Å². The molecule has 1 heterocycles. The van der Waals surface area contributed by atoms with Gasteiger partial charge in [-0.05, 0) is 71.5 Å². The highest BCUT2D eigenvalue weighted by Crippen LogP contribution is 2.50. The van der Waals surface area contributed by atoms with Gasteiger partial charge in [-0.15, -0.1) is 11.3 Å². The maximum atomic E-state index is 14.9. The molecular formula is C30H35FO4S. The number of carbonyl (C=O) groups is 1. The van der Waals surface area contributed by atoms with E-state index in [4.69, 9.17) is 14.6 Å². The summed E-state index contributed by atoms with van der Waals surface area (Å²) in [4.78, 5) is 11.8. The van der Waals surface area contributed by atoms with Gasteiger partial charge in [-0.1, -0.05) is 45.9 Å². The zero-order valence-corrected chi connectivity index (χ0v) is 22.5. The van der Waals surface area contributed by atoms with Gasteiger partial charge in [0.25, 0.3) is 0 Å². The smallest absolute Gasteiger partial charge is 0.303 e. The van der Waals surface area contributed by atoms with E-state index >= 15 is 0 Å². The summed E-state index contributed by atoms with van der Waals surface area (Å²) in [5.74, 6) is 0.207. The third-order valence-corrected chi connectivity index (χ3v) is 7.38. The summed E-state index contributed by atoms with van der Waals surface area (Å²) in [5, 5.41) is 11.0. The Labute approximate surface area is 217 Å². The van der Waals surface area contributed by atoms with E-state index in [0.29, 0.717) is 30.1 Å². The number of benzene rings is 2. The molecule has 4 rings (SSSR count). The number of hydrogen-bond acceptors (Lipinski definition) is 4. The van der Waals surface area contributed by atoms with Gasteiger partial charge in [-0.3, -0.25) is 4.79 Å². The van der Waals surface area contributed by atoms with Crippen LogP contribution in [-0.2, 0) is 17.8 Å². The van der Waals surface area contributed by atoms with Crippen molar-refractivity contribution in [3.63, 3.8) is 0 Å². The van der Waals surface area contributed by atoms with E-state index in [0.717, 1.165) is 34.4 Å². The molecule has 1 aromatic heterocycles. The van der Waals surface area contributed by atoms with Crippen molar-refractivity contribution in [3.8, 4) is 21.9 Å². The number of methoxy groups -OCH3 is 1. The molecule has 0 aliphatic heterocycles. The van der Waals surface area contributed by atoms with E-state index in [-0.39, 0.29) is 17.7 Å². The van der Waals surface area contributed by atoms with E-state index in [1.165, 1.54) is 23.0 Å². The quantitative estimate of drug-likeness (QED) is 0.314. The predicted molar refractivity (Wildman–Crippen MR) is 145 cm³/mol. The molecule has 1 N–H and O–H groups in total. The Morgan fingerprint density at radius 1 is 1.14 bits per heavy atom. The number of halogens is 1. The first-order chi connectivity index (χ1) is 17.3. The number of carboxylic acid groups (broad SMARTS) is 1. The third kappa shape index (κ3) is 6.35. The number of thiophene rings is 1. The first-order valence-electron chi connectivity index (χ1n) is 12.4. The number of aliphatic carboxylic acids is 1. The lowest BCUT2D eigenvalue weighted by Crippen LogP contribution is -2.11. The topological polar surface area (TPSA) is 55.8 Å². The Kier molecular flexibility index (Phi) is 9.32. The molecule has 1 aliphatic rings. The zero-order chi connectivity index (χ0) is 26.3. The maximum absolute atomic E-state index is 14.9. The normalized spacial score (nSPS) is 14.0. The fraction of sp³-hybridized carbons (Fsp3) is 0.367. The molecule has 0 atom stereocenters. The highest BCUT2D eigenvalue weighted by atomic mass is 32.1. The molecule has 0 amide bonds. The monoisotopic (exact) mass is 510 g/mol. The van der Waals surface area contributed by atoms with Crippen LogP contribution in [-0.4, -0.2) is 18.2 Å². The van der Waals surface area contributed by atoms with Crippen molar-refractivity contribution in [2.24, 2.45) is 5.41 Å². The maximum Gasteiger partial charge on any atom is 0.303 e. The van der Waals surface area contributed by atoms with E-state index in [1.54, 1.807) is 19.2 Å². The molecule has 3 aromatic rings. The van der Waals surface area contributed by atoms with Crippen molar-refractivity contribution in [3.05, 3.63) is 76.4 Å². The molecule has 0 radical (unpaired) electrons. The molecule has 0 bridgehead atoms. The SMILES string of the molecule is CC.COc1ccc(F)c(-c2scc(COc3cccc(CCC(=O)O)c3)c2C2=CCCC2(C)C)c1. The minimum atomic E-state index is -0.820. The van der Waals surface area contributed by atoms with Crippen LogP contribution < -0.4 is 9.47 Å². The first-order valence-corrected chi connectivity index (χ1v) is 13.3. The summed E-state index contributed by atoms with van der Waals surface area (Å²) in [6, 6.07) is 12.4. The molecule has 0 saturated carbocycles. The molecule has 0 spiro atoms. The highest BCUT2D eigenvalue weighted by Gasteiger charge is 2.33. The second kappa shape index (κ2) is 12.2. The van der Waals surface area contributed by atoms with Gasteiger partial charge in [0.2, 0.25) is 0 Å². The Bertz CT molecular complexity index is 1230. The van der Waals surface area contributed by atoms with Crippen molar-refractivity contribution in [1.29, 1.82) is 0 Å². The van der Waals surface area contributed by atoms with Crippen LogP contribution in [0, 0.1) is 11.2 Å². The third-order valence-electron chi connectivity index (χ3n) is 6.32. The molecule has 0 fully saturated rings. The van der Waals surface area contributed by atoms with Gasteiger partial charge in [0.05, 0.1) is 7.11 Å². The van der Waals surface area contributed by atoms with Gasteiger partial charge in [0.1, 0.15) is 23.9 Å². The van der Waals surface area contributed by atoms with Crippen molar-refractivity contribution in [1.82, 2.24) is 0 Å². The summed E-state index contributed by atoms with van der Waals surface area (Å²) in [6.45, 7) is 8.80. The van der Waals surface area contributed by atoms with Gasteiger partial charge in [0.15, 0.2) is 0 Å². The lowest BCUT2D eigenvalue weighted by molar-refractivity contribution is -0.136. The Morgan fingerprint density at radius 3 is 2.58 bits per heavy atom. The molecule has 0 saturated heterocycles. The van der Waals surface area contributed by atoms with E-state index in [9.17, 15) is 9.18 Å². The minimum Gasteiger partial charge on any atom is -0.497 e. The summed E-state index contributed by atoms with van der Waals surface area (Å²) >= 11 is 1.52. The van der Waals surface area contributed by atoms with E-state index in [2.05, 4.69) is 19.9 Å². The highest BCUT2D eigenvalue weighted by molar-refractivity contribution is 7.14. The van der Waals surface area contributed by atoms with Crippen LogP contribution in [0.1, 0.15) is 63.6 Å². The van der Waals surface area contributed by atoms with Gasteiger partial charge >= 0.3 is 5.97 Å². The van der Waals surface area contributed by atoms with Crippen LogP contribution in [0.2, 0.25) is 0 Å². The van der Waals surface area contributed by atoms with E-state index < -0.39 is 5.97 Å². The predicted octanol–water partition coefficient (Wildman–Crippen LogP) is 8.39. The zero-order valence-electron chi connectivity index (χ0n) is 21.7. The molecule has 6 heteroatoms. The lowest BCUT2D eigenvalue weighted by Gasteiger charge is -2.24. The average molecular weight is 511 g/mol. The second-order valence-electron chi connectivity index (χ2n) is 9.18. The Balaban J connectivity index is 0.00000176. The number of allylic oxidation sites excluding steroid dienone is 2. The number of ether oxygens (including phenoxy) is 2. The van der Waals surface area contributed by atoms with Crippen LogP contribution >= 0.6 is 11.3 Å². The lowest BCUT2D eigenvalue weighted by atomic mass is 9.80. The standard InChI is InChI=1S/C28H29FO4S.C2H6/c1-28(2)13-5-8-23(28)26-19(16-33-21-7-4-6-18(14-21)9-12-25(30)31)17-34-27(26)22-15-20(32-3)10-11-24(22)29;1-2/h4,6-8,10-11,14-15,17H,5,9,12-13,16H2,1-3H3,(H,30,31);1-2H3. The van der Waals surface area contributed by atoms with E-state index in [1.807, 2.05) is 43.5 Å². The number of carboxylic acids is 1. The van der Waals surface area contributed by atoms with Gasteiger partial charge in [-0.25, -0.2) is 4.39 Å². The molecule has 1 aliphatic carbocycles. The fourth-order valence-corrected chi connectivity index (χ4v) is 5.52. The first kappa shape index (κ1) is 27.5.